The molecule has 1 N–H and O–H groups in total. The third-order valence-corrected chi connectivity index (χ3v) is 5.11. The molecule has 4 nitrogen and oxygen atoms in total. The Balaban J connectivity index is 2.28. The molecule has 21 heavy (non-hydrogen) atoms. The summed E-state index contributed by atoms with van der Waals surface area (Å²) in [5, 5.41) is 0. The van der Waals surface area contributed by atoms with E-state index in [1.807, 2.05) is 45.0 Å². The minimum absolute atomic E-state index is 0.279. The summed E-state index contributed by atoms with van der Waals surface area (Å²) in [6.07, 6.45) is 4.19. The first-order chi connectivity index (χ1) is 9.85. The van der Waals surface area contributed by atoms with Gasteiger partial charge in [0.1, 0.15) is 0 Å². The van der Waals surface area contributed by atoms with Crippen molar-refractivity contribution in [1.29, 1.82) is 0 Å². The number of aryl methyl sites for hydroxylation is 1. The summed E-state index contributed by atoms with van der Waals surface area (Å²) < 4.78 is 27.7. The van der Waals surface area contributed by atoms with Crippen molar-refractivity contribution in [2.45, 2.75) is 37.6 Å². The number of benzene rings is 1. The zero-order valence-corrected chi connectivity index (χ0v) is 13.3. The molecule has 0 fully saturated rings. The Morgan fingerprint density at radius 1 is 1.05 bits per heavy atom. The van der Waals surface area contributed by atoms with Crippen molar-refractivity contribution in [1.82, 2.24) is 9.71 Å². The number of nitrogens with one attached hydrogen (secondary N) is 1. The highest BCUT2D eigenvalue weighted by Gasteiger charge is 2.27. The average Bonchev–Trinajstić information content (AvgIpc) is 2.47. The first-order valence-electron chi connectivity index (χ1n) is 6.88. The Bertz CT molecular complexity index is 693. The van der Waals surface area contributed by atoms with E-state index < -0.39 is 15.6 Å². The van der Waals surface area contributed by atoms with E-state index in [0.29, 0.717) is 0 Å². The highest BCUT2D eigenvalue weighted by atomic mass is 32.2. The average molecular weight is 304 g/mol. The molecule has 0 aliphatic rings. The maximum Gasteiger partial charge on any atom is 0.241 e. The van der Waals surface area contributed by atoms with Crippen molar-refractivity contribution >= 4 is 10.0 Å². The van der Waals surface area contributed by atoms with E-state index in [9.17, 15) is 8.42 Å². The Hall–Kier alpha value is -1.72. The lowest BCUT2D eigenvalue weighted by Gasteiger charge is -2.26. The van der Waals surface area contributed by atoms with Gasteiger partial charge in [0, 0.05) is 12.4 Å². The number of nitrogens with zero attached hydrogens (tertiary/aromatic N) is 1. The second-order valence-corrected chi connectivity index (χ2v) is 7.15. The topological polar surface area (TPSA) is 59.1 Å². The van der Waals surface area contributed by atoms with Crippen LogP contribution in [0.2, 0.25) is 0 Å². The first-order valence-corrected chi connectivity index (χ1v) is 8.37. The lowest BCUT2D eigenvalue weighted by Crippen LogP contribution is -2.40. The predicted molar refractivity (Wildman–Crippen MR) is 83.4 cm³/mol. The van der Waals surface area contributed by atoms with Crippen LogP contribution in [-0.4, -0.2) is 13.4 Å². The molecule has 0 atom stereocenters. The second-order valence-electron chi connectivity index (χ2n) is 5.46. The van der Waals surface area contributed by atoms with Crippen LogP contribution >= 0.6 is 0 Å². The van der Waals surface area contributed by atoms with Gasteiger partial charge in [0.15, 0.2) is 0 Å². The molecular weight excluding hydrogens is 284 g/mol. The number of pyridine rings is 1. The lowest BCUT2D eigenvalue weighted by atomic mass is 9.97. The molecule has 0 saturated carbocycles. The van der Waals surface area contributed by atoms with Crippen molar-refractivity contribution < 1.29 is 8.42 Å². The normalized spacial score (nSPS) is 12.3. The molecule has 1 heterocycles. The second kappa shape index (κ2) is 5.95. The minimum Gasteiger partial charge on any atom is -0.265 e. The smallest absolute Gasteiger partial charge is 0.241 e. The van der Waals surface area contributed by atoms with Gasteiger partial charge in [-0.3, -0.25) is 4.98 Å². The number of rotatable bonds is 5. The zero-order chi connectivity index (χ0) is 15.5. The maximum absolute atomic E-state index is 12.5. The number of hydrogen-bond donors (Lipinski definition) is 1. The van der Waals surface area contributed by atoms with E-state index in [1.54, 1.807) is 24.5 Å². The largest absolute Gasteiger partial charge is 0.265 e. The van der Waals surface area contributed by atoms with Crippen LogP contribution in [0, 0.1) is 0 Å². The van der Waals surface area contributed by atoms with Crippen LogP contribution in [0.25, 0.3) is 0 Å². The molecule has 1 aromatic carbocycles. The van der Waals surface area contributed by atoms with Gasteiger partial charge in [-0.25, -0.2) is 13.1 Å². The maximum atomic E-state index is 12.5. The van der Waals surface area contributed by atoms with Gasteiger partial charge >= 0.3 is 0 Å². The van der Waals surface area contributed by atoms with Crippen LogP contribution in [0.1, 0.15) is 31.9 Å². The molecule has 2 rings (SSSR count). The Morgan fingerprint density at radius 3 is 2.14 bits per heavy atom. The molecule has 0 amide bonds. The van der Waals surface area contributed by atoms with Gasteiger partial charge < -0.3 is 0 Å². The fourth-order valence-electron chi connectivity index (χ4n) is 2.13. The van der Waals surface area contributed by atoms with E-state index >= 15 is 0 Å². The highest BCUT2D eigenvalue weighted by molar-refractivity contribution is 7.89. The summed E-state index contributed by atoms with van der Waals surface area (Å²) in [6.45, 7) is 5.70. The van der Waals surface area contributed by atoms with Crippen LogP contribution in [0.4, 0.5) is 0 Å². The van der Waals surface area contributed by atoms with Crippen molar-refractivity contribution in [2.24, 2.45) is 0 Å². The minimum atomic E-state index is -3.56. The summed E-state index contributed by atoms with van der Waals surface area (Å²) in [6, 6.07) is 10.6. The molecule has 5 heteroatoms. The zero-order valence-electron chi connectivity index (χ0n) is 12.5. The monoisotopic (exact) mass is 304 g/mol. The van der Waals surface area contributed by atoms with Crippen molar-refractivity contribution in [3.05, 3.63) is 59.9 Å². The molecule has 0 unspecified atom stereocenters. The molecule has 2 aromatic rings. The first kappa shape index (κ1) is 15.7. The van der Waals surface area contributed by atoms with Crippen LogP contribution in [0.15, 0.2) is 53.7 Å². The molecule has 0 saturated heterocycles. The molecule has 112 valence electrons. The van der Waals surface area contributed by atoms with Gasteiger partial charge in [0.25, 0.3) is 0 Å². The Labute approximate surface area is 126 Å². The van der Waals surface area contributed by atoms with E-state index in [2.05, 4.69) is 9.71 Å². The van der Waals surface area contributed by atoms with E-state index in [4.69, 9.17) is 0 Å². The fraction of sp³-hybridized carbons (Fsp3) is 0.312. The van der Waals surface area contributed by atoms with Gasteiger partial charge in [-0.05, 0) is 55.7 Å². The summed E-state index contributed by atoms with van der Waals surface area (Å²) in [7, 11) is -3.56. The number of aromatic nitrogens is 1. The van der Waals surface area contributed by atoms with Crippen molar-refractivity contribution in [3.63, 3.8) is 0 Å². The number of hydrogen-bond acceptors (Lipinski definition) is 3. The van der Waals surface area contributed by atoms with Crippen molar-refractivity contribution in [2.75, 3.05) is 0 Å². The van der Waals surface area contributed by atoms with Crippen LogP contribution in [0.5, 0.6) is 0 Å². The van der Waals surface area contributed by atoms with Gasteiger partial charge in [-0.15, -0.1) is 0 Å². The highest BCUT2D eigenvalue weighted by Crippen LogP contribution is 2.22. The molecular formula is C16H20N2O2S. The summed E-state index contributed by atoms with van der Waals surface area (Å²) in [4.78, 5) is 4.23. The van der Waals surface area contributed by atoms with Crippen LogP contribution < -0.4 is 4.72 Å². The lowest BCUT2D eigenvalue weighted by molar-refractivity contribution is 0.471. The van der Waals surface area contributed by atoms with E-state index in [0.717, 1.165) is 17.5 Å². The Kier molecular flexibility index (Phi) is 4.44. The van der Waals surface area contributed by atoms with Crippen molar-refractivity contribution in [3.8, 4) is 0 Å². The summed E-state index contributed by atoms with van der Waals surface area (Å²) in [5.74, 6) is 0. The van der Waals surface area contributed by atoms with Gasteiger partial charge in [0.2, 0.25) is 10.0 Å². The quantitative estimate of drug-likeness (QED) is 0.924. The van der Waals surface area contributed by atoms with Gasteiger partial charge in [-0.2, -0.15) is 0 Å². The SMILES string of the molecule is CCc1ccc(S(=O)(=O)NC(C)(C)c2ccncc2)cc1. The third kappa shape index (κ3) is 3.68. The third-order valence-electron chi connectivity index (χ3n) is 3.43. The molecule has 0 radical (unpaired) electrons. The van der Waals surface area contributed by atoms with E-state index in [1.165, 1.54) is 0 Å². The Morgan fingerprint density at radius 2 is 1.62 bits per heavy atom. The number of sulfonamides is 1. The van der Waals surface area contributed by atoms with Gasteiger partial charge in [-0.1, -0.05) is 19.1 Å². The molecule has 0 aliphatic heterocycles. The predicted octanol–water partition coefficient (Wildman–Crippen LogP) is 2.86. The molecule has 0 spiro atoms. The fourth-order valence-corrected chi connectivity index (χ4v) is 3.53. The van der Waals surface area contributed by atoms with E-state index in [-0.39, 0.29) is 4.90 Å². The summed E-state index contributed by atoms with van der Waals surface area (Å²) >= 11 is 0. The molecule has 0 aliphatic carbocycles. The molecule has 0 bridgehead atoms. The van der Waals surface area contributed by atoms with Crippen LogP contribution in [-0.2, 0) is 22.0 Å². The van der Waals surface area contributed by atoms with Crippen LogP contribution in [0.3, 0.4) is 0 Å². The standard InChI is InChI=1S/C16H20N2O2S/c1-4-13-5-7-15(8-6-13)21(19,20)18-16(2,3)14-9-11-17-12-10-14/h5-12,18H,4H2,1-3H3. The molecule has 1 aromatic heterocycles. The summed E-state index contributed by atoms with van der Waals surface area (Å²) in [5.41, 5.74) is 1.28. The van der Waals surface area contributed by atoms with Gasteiger partial charge in [0.05, 0.1) is 10.4 Å².